The number of hydrogen-bond donors (Lipinski definition) is 5. The van der Waals surface area contributed by atoms with Gasteiger partial charge in [-0.1, -0.05) is 26.7 Å². The molecule has 1 rings (SSSR count). The van der Waals surface area contributed by atoms with Crippen molar-refractivity contribution < 1.29 is 19.8 Å². The maximum Gasteiger partial charge on any atom is 0.309 e. The molecule has 0 bridgehead atoms. The molecule has 23 heavy (non-hydrogen) atoms. The van der Waals surface area contributed by atoms with Gasteiger partial charge in [0.1, 0.15) is 6.34 Å². The highest BCUT2D eigenvalue weighted by Gasteiger charge is 2.50. The molecule has 0 spiro atoms. The molecule has 6 N–H and O–H groups in total. The molecule has 1 saturated carbocycles. The SMILES string of the molecule is CCC(CC)[C@@H](NC(C)=O)[C@H]1[C@@H](O)[C@H](C(=O)O)C[C@@H]1NC=NN. The lowest BCUT2D eigenvalue weighted by atomic mass is 9.80. The number of aliphatic hydroxyl groups is 1. The van der Waals surface area contributed by atoms with Crippen LogP contribution in [0.2, 0.25) is 0 Å². The fourth-order valence-electron chi connectivity index (χ4n) is 3.66. The second-order valence-electron chi connectivity index (χ2n) is 6.10. The Morgan fingerprint density at radius 2 is 2.00 bits per heavy atom. The Morgan fingerprint density at radius 1 is 1.39 bits per heavy atom. The minimum Gasteiger partial charge on any atom is -0.481 e. The van der Waals surface area contributed by atoms with Crippen LogP contribution in [0.15, 0.2) is 5.10 Å². The normalized spacial score (nSPS) is 28.9. The smallest absolute Gasteiger partial charge is 0.309 e. The third-order valence-electron chi connectivity index (χ3n) is 4.80. The lowest BCUT2D eigenvalue weighted by Crippen LogP contribution is -2.53. The topological polar surface area (TPSA) is 137 Å². The number of carbonyl (C=O) groups is 2. The highest BCUT2D eigenvalue weighted by Crippen LogP contribution is 2.37. The predicted octanol–water partition coefficient (Wildman–Crippen LogP) is -0.131. The lowest BCUT2D eigenvalue weighted by molar-refractivity contribution is -0.145. The van der Waals surface area contributed by atoms with Gasteiger partial charge in [-0.15, -0.1) is 0 Å². The number of rotatable bonds is 8. The van der Waals surface area contributed by atoms with Crippen molar-refractivity contribution in [2.75, 3.05) is 0 Å². The molecule has 0 aliphatic heterocycles. The van der Waals surface area contributed by atoms with Crippen molar-refractivity contribution in [2.45, 2.75) is 58.2 Å². The molecule has 1 amide bonds. The van der Waals surface area contributed by atoms with Gasteiger partial charge >= 0.3 is 5.97 Å². The molecule has 0 saturated heterocycles. The van der Waals surface area contributed by atoms with Crippen molar-refractivity contribution in [2.24, 2.45) is 28.7 Å². The summed E-state index contributed by atoms with van der Waals surface area (Å²) >= 11 is 0. The first-order chi connectivity index (χ1) is 10.9. The summed E-state index contributed by atoms with van der Waals surface area (Å²) < 4.78 is 0. The van der Waals surface area contributed by atoms with Gasteiger partial charge in [-0.2, -0.15) is 5.10 Å². The summed E-state index contributed by atoms with van der Waals surface area (Å²) in [4.78, 5) is 23.0. The number of amides is 1. The Balaban J connectivity index is 3.14. The molecular weight excluding hydrogens is 300 g/mol. The summed E-state index contributed by atoms with van der Waals surface area (Å²) in [6, 6.07) is -0.638. The predicted molar refractivity (Wildman–Crippen MR) is 86.5 cm³/mol. The van der Waals surface area contributed by atoms with Crippen molar-refractivity contribution >= 4 is 18.2 Å². The first kappa shape index (κ1) is 19.2. The minimum atomic E-state index is -1.05. The molecule has 0 aromatic carbocycles. The van der Waals surface area contributed by atoms with Gasteiger partial charge in [-0.3, -0.25) is 9.59 Å². The molecule has 1 fully saturated rings. The van der Waals surface area contributed by atoms with E-state index in [1.54, 1.807) is 0 Å². The summed E-state index contributed by atoms with van der Waals surface area (Å²) in [5, 5.41) is 29.1. The van der Waals surface area contributed by atoms with Crippen molar-refractivity contribution in [3.8, 4) is 0 Å². The first-order valence-electron chi connectivity index (χ1n) is 8.03. The summed E-state index contributed by atoms with van der Waals surface area (Å²) in [6.07, 6.45) is 2.14. The molecule has 1 aliphatic carbocycles. The van der Waals surface area contributed by atoms with E-state index in [2.05, 4.69) is 15.7 Å². The van der Waals surface area contributed by atoms with Crippen molar-refractivity contribution in [3.63, 3.8) is 0 Å². The van der Waals surface area contributed by atoms with E-state index < -0.39 is 23.9 Å². The molecule has 1 aliphatic rings. The second-order valence-corrected chi connectivity index (χ2v) is 6.10. The molecule has 0 unspecified atom stereocenters. The van der Waals surface area contributed by atoms with Crippen LogP contribution in [0.1, 0.15) is 40.0 Å². The zero-order chi connectivity index (χ0) is 17.6. The number of carbonyl (C=O) groups excluding carboxylic acids is 1. The number of aliphatic hydroxyl groups excluding tert-OH is 1. The molecule has 0 aromatic heterocycles. The van der Waals surface area contributed by atoms with E-state index >= 15 is 0 Å². The number of nitrogens with two attached hydrogens (primary N) is 1. The van der Waals surface area contributed by atoms with E-state index in [9.17, 15) is 19.8 Å². The van der Waals surface area contributed by atoms with Gasteiger partial charge < -0.3 is 26.7 Å². The van der Waals surface area contributed by atoms with E-state index in [4.69, 9.17) is 5.84 Å². The molecule has 132 valence electrons. The summed E-state index contributed by atoms with van der Waals surface area (Å²) in [7, 11) is 0. The zero-order valence-electron chi connectivity index (χ0n) is 13.9. The molecule has 5 atom stereocenters. The van der Waals surface area contributed by atoms with Crippen LogP contribution >= 0.6 is 0 Å². The van der Waals surface area contributed by atoms with Crippen LogP contribution in [0.25, 0.3) is 0 Å². The van der Waals surface area contributed by atoms with Gasteiger partial charge in [-0.05, 0) is 12.3 Å². The van der Waals surface area contributed by atoms with Gasteiger partial charge in [-0.25, -0.2) is 0 Å². The third kappa shape index (κ3) is 4.57. The van der Waals surface area contributed by atoms with E-state index in [0.29, 0.717) is 0 Å². The van der Waals surface area contributed by atoms with E-state index in [1.165, 1.54) is 13.3 Å². The van der Waals surface area contributed by atoms with Gasteiger partial charge in [0, 0.05) is 24.9 Å². The Labute approximate surface area is 136 Å². The fraction of sp³-hybridized carbons (Fsp3) is 0.800. The summed E-state index contributed by atoms with van der Waals surface area (Å²) in [6.45, 7) is 5.46. The Morgan fingerprint density at radius 3 is 2.43 bits per heavy atom. The first-order valence-corrected chi connectivity index (χ1v) is 8.03. The maximum absolute atomic E-state index is 11.6. The van der Waals surface area contributed by atoms with Crippen molar-refractivity contribution in [1.82, 2.24) is 10.6 Å². The van der Waals surface area contributed by atoms with Crippen LogP contribution in [-0.2, 0) is 9.59 Å². The lowest BCUT2D eigenvalue weighted by Gasteiger charge is -2.36. The molecule has 0 radical (unpaired) electrons. The summed E-state index contributed by atoms with van der Waals surface area (Å²) in [5.41, 5.74) is 0. The average Bonchev–Trinajstić information content (AvgIpc) is 2.81. The van der Waals surface area contributed by atoms with E-state index in [1.807, 2.05) is 13.8 Å². The van der Waals surface area contributed by atoms with Crippen molar-refractivity contribution in [3.05, 3.63) is 0 Å². The second kappa shape index (κ2) is 8.71. The number of hydrazone groups is 1. The number of nitrogens with one attached hydrogen (secondary N) is 2. The zero-order valence-corrected chi connectivity index (χ0v) is 13.9. The largest absolute Gasteiger partial charge is 0.481 e. The fourth-order valence-corrected chi connectivity index (χ4v) is 3.66. The number of nitrogens with zero attached hydrogens (tertiary/aromatic N) is 1. The monoisotopic (exact) mass is 328 g/mol. The average molecular weight is 328 g/mol. The van der Waals surface area contributed by atoms with Crippen molar-refractivity contribution in [1.29, 1.82) is 0 Å². The minimum absolute atomic E-state index is 0.144. The Bertz CT molecular complexity index is 439. The highest BCUT2D eigenvalue weighted by molar-refractivity contribution is 5.74. The van der Waals surface area contributed by atoms with Crippen LogP contribution in [0, 0.1) is 17.8 Å². The molecular formula is C15H28N4O4. The molecule has 8 nitrogen and oxygen atoms in total. The third-order valence-corrected chi connectivity index (χ3v) is 4.80. The maximum atomic E-state index is 11.6. The van der Waals surface area contributed by atoms with Crippen LogP contribution in [0.5, 0.6) is 0 Å². The number of aliphatic carboxylic acids is 1. The Hall–Kier alpha value is -1.83. The van der Waals surface area contributed by atoms with Gasteiger partial charge in [0.05, 0.1) is 12.0 Å². The molecule has 8 heteroatoms. The highest BCUT2D eigenvalue weighted by atomic mass is 16.4. The van der Waals surface area contributed by atoms with Gasteiger partial charge in [0.25, 0.3) is 0 Å². The van der Waals surface area contributed by atoms with Crippen LogP contribution in [0.4, 0.5) is 0 Å². The standard InChI is InChI=1S/C15H28N4O4/c1-4-9(5-2)13(19-8(3)20)12-11(17-7-18-16)6-10(14(12)21)15(22)23/h7,9-14,21H,4-6,16H2,1-3H3,(H,17,18)(H,19,20)(H,22,23)/t10-,11+,12+,13-,14+/m1/s1. The molecule has 0 heterocycles. The van der Waals surface area contributed by atoms with Crippen LogP contribution < -0.4 is 16.5 Å². The van der Waals surface area contributed by atoms with E-state index in [0.717, 1.165) is 12.8 Å². The van der Waals surface area contributed by atoms with E-state index in [-0.39, 0.29) is 30.3 Å². The quantitative estimate of drug-likeness (QED) is 0.182. The molecule has 0 aromatic rings. The van der Waals surface area contributed by atoms with Crippen LogP contribution in [0.3, 0.4) is 0 Å². The number of hydrogen-bond acceptors (Lipinski definition) is 5. The van der Waals surface area contributed by atoms with Gasteiger partial charge in [0.2, 0.25) is 5.91 Å². The van der Waals surface area contributed by atoms with Gasteiger partial charge in [0.15, 0.2) is 0 Å². The summed E-state index contributed by atoms with van der Waals surface area (Å²) in [5.74, 6) is 2.71. The van der Waals surface area contributed by atoms with Crippen LogP contribution in [-0.4, -0.2) is 46.6 Å². The Kier molecular flexibility index (Phi) is 7.28. The number of carboxylic acid groups (broad SMARTS) is 1. The number of carboxylic acids is 1.